The number of carboxylic acids is 1. The molecule has 0 aliphatic rings. The minimum atomic E-state index is -1.13. The molecule has 1 amide bonds. The van der Waals surface area contributed by atoms with Gasteiger partial charge in [0.05, 0.1) is 5.69 Å². The molecule has 2 aromatic rings. The highest BCUT2D eigenvalue weighted by molar-refractivity contribution is 7.11. The van der Waals surface area contributed by atoms with E-state index in [0.29, 0.717) is 5.69 Å². The second-order valence-electron chi connectivity index (χ2n) is 3.86. The number of rotatable bonds is 3. The van der Waals surface area contributed by atoms with Gasteiger partial charge in [-0.05, 0) is 30.6 Å². The molecule has 7 nitrogen and oxygen atoms in total. The van der Waals surface area contributed by atoms with Crippen molar-refractivity contribution in [2.75, 3.05) is 11.9 Å². The quantitative estimate of drug-likeness (QED) is 0.929. The van der Waals surface area contributed by atoms with E-state index in [1.54, 1.807) is 6.92 Å². The molecule has 0 aromatic carbocycles. The summed E-state index contributed by atoms with van der Waals surface area (Å²) >= 11 is 6.54. The average Bonchev–Trinajstić information content (AvgIpc) is 2.80. The molecule has 0 atom stereocenters. The molecule has 1 N–H and O–H groups in total. The van der Waals surface area contributed by atoms with E-state index in [1.807, 2.05) is 0 Å². The van der Waals surface area contributed by atoms with E-state index >= 15 is 0 Å². The zero-order chi connectivity index (χ0) is 14.9. The molecular weight excluding hydrogens is 304 g/mol. The maximum absolute atomic E-state index is 12.2. The van der Waals surface area contributed by atoms with Gasteiger partial charge >= 0.3 is 5.97 Å². The fourth-order valence-corrected chi connectivity index (χ4v) is 2.47. The van der Waals surface area contributed by atoms with Gasteiger partial charge in [-0.15, -0.1) is 10.2 Å². The van der Waals surface area contributed by atoms with Crippen molar-refractivity contribution in [1.82, 2.24) is 14.6 Å². The lowest BCUT2D eigenvalue weighted by Gasteiger charge is -2.14. The van der Waals surface area contributed by atoms with Crippen LogP contribution in [-0.2, 0) is 0 Å². The third kappa shape index (κ3) is 2.61. The molecule has 0 radical (unpaired) electrons. The largest absolute Gasteiger partial charge is 0.478 e. The van der Waals surface area contributed by atoms with E-state index in [2.05, 4.69) is 14.6 Å². The summed E-state index contributed by atoms with van der Waals surface area (Å²) in [5, 5.41) is 16.8. The van der Waals surface area contributed by atoms with Crippen LogP contribution >= 0.6 is 23.1 Å². The number of hydrogen-bond acceptors (Lipinski definition) is 6. The molecule has 0 bridgehead atoms. The van der Waals surface area contributed by atoms with Gasteiger partial charge in [0.25, 0.3) is 5.91 Å². The van der Waals surface area contributed by atoms with Gasteiger partial charge in [0, 0.05) is 7.05 Å². The zero-order valence-corrected chi connectivity index (χ0v) is 12.1. The highest BCUT2D eigenvalue weighted by Gasteiger charge is 2.25. The van der Waals surface area contributed by atoms with E-state index in [1.165, 1.54) is 24.1 Å². The van der Waals surface area contributed by atoms with Crippen LogP contribution in [0.25, 0.3) is 0 Å². The number of nitrogens with zero attached hydrogens (tertiary/aromatic N) is 4. The lowest BCUT2D eigenvalue weighted by molar-refractivity contribution is 0.0697. The van der Waals surface area contributed by atoms with Crippen molar-refractivity contribution in [3.05, 3.63) is 34.2 Å². The van der Waals surface area contributed by atoms with Crippen LogP contribution in [0.2, 0.25) is 5.15 Å². The maximum atomic E-state index is 12.2. The first-order chi connectivity index (χ1) is 9.41. The van der Waals surface area contributed by atoms with E-state index in [0.717, 1.165) is 11.5 Å². The lowest BCUT2D eigenvalue weighted by atomic mass is 10.2. The first-order valence-electron chi connectivity index (χ1n) is 5.38. The minimum absolute atomic E-state index is 0.00720. The summed E-state index contributed by atoms with van der Waals surface area (Å²) < 4.78 is 3.96. The Kier molecular flexibility index (Phi) is 3.96. The number of aromatic nitrogens is 3. The summed E-state index contributed by atoms with van der Waals surface area (Å²) in [6, 6.07) is 2.86. The summed E-state index contributed by atoms with van der Waals surface area (Å²) in [6.45, 7) is 1.57. The molecule has 0 spiro atoms. The van der Waals surface area contributed by atoms with Gasteiger partial charge in [-0.1, -0.05) is 11.6 Å². The molecule has 9 heteroatoms. The number of hydrogen-bond donors (Lipinski definition) is 1. The van der Waals surface area contributed by atoms with Crippen LogP contribution < -0.4 is 4.90 Å². The third-order valence-electron chi connectivity index (χ3n) is 2.52. The molecule has 0 aliphatic carbocycles. The van der Waals surface area contributed by atoms with Crippen molar-refractivity contribution >= 4 is 40.0 Å². The Morgan fingerprint density at radius 1 is 1.35 bits per heavy atom. The molecule has 2 rings (SSSR count). The monoisotopic (exact) mass is 312 g/mol. The van der Waals surface area contributed by atoms with Crippen LogP contribution in [0.15, 0.2) is 12.1 Å². The van der Waals surface area contributed by atoms with Crippen LogP contribution in [0.3, 0.4) is 0 Å². The Hall–Kier alpha value is -2.06. The zero-order valence-electron chi connectivity index (χ0n) is 10.5. The first-order valence-corrected chi connectivity index (χ1v) is 6.53. The number of carbonyl (C=O) groups excluding carboxylic acids is 1. The molecule has 104 valence electrons. The number of aryl methyl sites for hydroxylation is 1. The van der Waals surface area contributed by atoms with E-state index in [-0.39, 0.29) is 21.4 Å². The summed E-state index contributed by atoms with van der Waals surface area (Å²) in [7, 11) is 1.46. The van der Waals surface area contributed by atoms with Crippen LogP contribution in [0.4, 0.5) is 5.00 Å². The van der Waals surface area contributed by atoms with Crippen molar-refractivity contribution in [2.24, 2.45) is 0 Å². The highest BCUT2D eigenvalue weighted by atomic mass is 35.5. The molecular formula is C11H9ClN4O3S. The van der Waals surface area contributed by atoms with Gasteiger partial charge in [0.15, 0.2) is 10.8 Å². The Morgan fingerprint density at radius 3 is 2.60 bits per heavy atom. The molecule has 0 fully saturated rings. The Balaban J connectivity index is 2.36. The average molecular weight is 313 g/mol. The van der Waals surface area contributed by atoms with Crippen molar-refractivity contribution in [3.8, 4) is 0 Å². The number of carbonyl (C=O) groups is 2. The summed E-state index contributed by atoms with van der Waals surface area (Å²) in [5.41, 5.74) is 0.436. The minimum Gasteiger partial charge on any atom is -0.478 e. The Morgan fingerprint density at radius 2 is 2.05 bits per heavy atom. The number of halogens is 1. The van der Waals surface area contributed by atoms with Gasteiger partial charge < -0.3 is 5.11 Å². The second kappa shape index (κ2) is 5.51. The number of amides is 1. The van der Waals surface area contributed by atoms with Gasteiger partial charge in [-0.3, -0.25) is 9.69 Å². The SMILES string of the molecule is Cc1nsc(N(C)C(=O)c2ccc(Cl)nn2)c1C(=O)O. The number of anilines is 1. The summed E-state index contributed by atoms with van der Waals surface area (Å²) in [6.07, 6.45) is 0. The molecule has 0 unspecified atom stereocenters. The second-order valence-corrected chi connectivity index (χ2v) is 5.00. The molecule has 0 saturated carbocycles. The summed E-state index contributed by atoms with van der Waals surface area (Å²) in [5.74, 6) is -1.62. The Labute approximate surface area is 123 Å². The van der Waals surface area contributed by atoms with Crippen LogP contribution in [0, 0.1) is 6.92 Å². The highest BCUT2D eigenvalue weighted by Crippen LogP contribution is 2.28. The third-order valence-corrected chi connectivity index (χ3v) is 3.74. The predicted molar refractivity (Wildman–Crippen MR) is 73.6 cm³/mol. The van der Waals surface area contributed by atoms with Gasteiger partial charge in [-0.25, -0.2) is 4.79 Å². The van der Waals surface area contributed by atoms with Crippen molar-refractivity contribution in [2.45, 2.75) is 6.92 Å². The van der Waals surface area contributed by atoms with Crippen molar-refractivity contribution in [3.63, 3.8) is 0 Å². The van der Waals surface area contributed by atoms with Gasteiger partial charge in [0.1, 0.15) is 10.6 Å². The van der Waals surface area contributed by atoms with Gasteiger partial charge in [-0.2, -0.15) is 4.37 Å². The molecule has 2 aromatic heterocycles. The fourth-order valence-electron chi connectivity index (χ4n) is 1.53. The normalized spacial score (nSPS) is 10.3. The smallest absolute Gasteiger partial charge is 0.340 e. The number of aromatic carboxylic acids is 1. The van der Waals surface area contributed by atoms with Crippen LogP contribution in [-0.4, -0.2) is 38.6 Å². The Bertz CT molecular complexity index is 671. The van der Waals surface area contributed by atoms with Crippen molar-refractivity contribution in [1.29, 1.82) is 0 Å². The predicted octanol–water partition coefficient (Wildman–Crippen LogP) is 1.87. The fraction of sp³-hybridized carbons (Fsp3) is 0.182. The van der Waals surface area contributed by atoms with Crippen molar-refractivity contribution < 1.29 is 14.7 Å². The van der Waals surface area contributed by atoms with E-state index in [4.69, 9.17) is 16.7 Å². The van der Waals surface area contributed by atoms with E-state index in [9.17, 15) is 9.59 Å². The van der Waals surface area contributed by atoms with Crippen LogP contribution in [0.5, 0.6) is 0 Å². The summed E-state index contributed by atoms with van der Waals surface area (Å²) in [4.78, 5) is 24.6. The molecule has 0 aliphatic heterocycles. The standard InChI is InChI=1S/C11H9ClN4O3S/c1-5-8(11(18)19)10(20-15-5)16(2)9(17)6-3-4-7(12)14-13-6/h3-4H,1-2H3,(H,18,19). The molecule has 20 heavy (non-hydrogen) atoms. The first kappa shape index (κ1) is 14.4. The van der Waals surface area contributed by atoms with Crippen LogP contribution in [0.1, 0.15) is 26.5 Å². The maximum Gasteiger partial charge on any atom is 0.340 e. The lowest BCUT2D eigenvalue weighted by Crippen LogP contribution is -2.28. The number of carboxylic acid groups (broad SMARTS) is 1. The molecule has 2 heterocycles. The topological polar surface area (TPSA) is 96.3 Å². The van der Waals surface area contributed by atoms with E-state index < -0.39 is 11.9 Å². The van der Waals surface area contributed by atoms with Gasteiger partial charge in [0.2, 0.25) is 0 Å². The molecule has 0 saturated heterocycles.